The van der Waals surface area contributed by atoms with Gasteiger partial charge in [0.1, 0.15) is 0 Å². The van der Waals surface area contributed by atoms with Crippen molar-refractivity contribution in [2.24, 2.45) is 0 Å². The Kier molecular flexibility index (Phi) is 3.50. The second kappa shape index (κ2) is 5.45. The molecule has 1 aliphatic carbocycles. The first-order valence-electron chi connectivity index (χ1n) is 7.00. The summed E-state index contributed by atoms with van der Waals surface area (Å²) in [4.78, 5) is 15.1. The summed E-state index contributed by atoms with van der Waals surface area (Å²) in [7, 11) is 0. The van der Waals surface area contributed by atoms with Gasteiger partial charge in [-0.3, -0.25) is 0 Å². The Bertz CT molecular complexity index is 654. The van der Waals surface area contributed by atoms with Crippen LogP contribution in [0, 0.1) is 0 Å². The average Bonchev–Trinajstić information content (AvgIpc) is 2.84. The van der Waals surface area contributed by atoms with Gasteiger partial charge in [0.15, 0.2) is 5.65 Å². The molecule has 0 unspecified atom stereocenters. The Morgan fingerprint density at radius 2 is 2.15 bits per heavy atom. The summed E-state index contributed by atoms with van der Waals surface area (Å²) in [5, 5.41) is 13.5. The number of nitrogens with zero attached hydrogens (tertiary/aromatic N) is 3. The summed E-state index contributed by atoms with van der Waals surface area (Å²) in [6.07, 6.45) is 12.3. The summed E-state index contributed by atoms with van der Waals surface area (Å²) in [6, 6.07) is 1.83. The van der Waals surface area contributed by atoms with Crippen molar-refractivity contribution in [1.82, 2.24) is 14.6 Å². The molecule has 2 aromatic heterocycles. The van der Waals surface area contributed by atoms with Gasteiger partial charge in [-0.15, -0.1) is 0 Å². The smallest absolute Gasteiger partial charge is 0.328 e. The lowest BCUT2D eigenvalue weighted by Crippen LogP contribution is -2.06. The third-order valence-corrected chi connectivity index (χ3v) is 3.84. The van der Waals surface area contributed by atoms with E-state index in [0.29, 0.717) is 5.92 Å². The fourth-order valence-corrected chi connectivity index (χ4v) is 2.91. The average molecular weight is 271 g/mol. The first kappa shape index (κ1) is 12.8. The van der Waals surface area contributed by atoms with E-state index in [0.717, 1.165) is 35.8 Å². The second-order valence-electron chi connectivity index (χ2n) is 5.19. The van der Waals surface area contributed by atoms with Crippen LogP contribution in [0.2, 0.25) is 0 Å². The van der Waals surface area contributed by atoms with E-state index in [4.69, 9.17) is 5.11 Å². The van der Waals surface area contributed by atoms with Crippen molar-refractivity contribution >= 4 is 17.7 Å². The van der Waals surface area contributed by atoms with Crippen LogP contribution in [0.3, 0.4) is 0 Å². The van der Waals surface area contributed by atoms with Gasteiger partial charge in [0.2, 0.25) is 0 Å². The van der Waals surface area contributed by atoms with Crippen molar-refractivity contribution in [3.63, 3.8) is 0 Å². The van der Waals surface area contributed by atoms with Gasteiger partial charge in [-0.05, 0) is 25.0 Å². The largest absolute Gasteiger partial charge is 0.478 e. The van der Waals surface area contributed by atoms with Crippen molar-refractivity contribution in [1.29, 1.82) is 0 Å². The molecule has 0 bridgehead atoms. The van der Waals surface area contributed by atoms with E-state index in [1.54, 1.807) is 16.8 Å². The predicted octanol–water partition coefficient (Wildman–Crippen LogP) is 2.87. The van der Waals surface area contributed by atoms with Crippen LogP contribution in [0.25, 0.3) is 11.7 Å². The van der Waals surface area contributed by atoms with Crippen LogP contribution in [0.15, 0.2) is 24.5 Å². The molecule has 1 saturated carbocycles. The fourth-order valence-electron chi connectivity index (χ4n) is 2.91. The SMILES string of the molecule is O=C(O)/C=C/c1c(C2CCCCC2)nn2cccnc12. The minimum Gasteiger partial charge on any atom is -0.478 e. The molecule has 0 aliphatic heterocycles. The highest BCUT2D eigenvalue weighted by Gasteiger charge is 2.22. The first-order valence-corrected chi connectivity index (χ1v) is 7.00. The zero-order valence-electron chi connectivity index (χ0n) is 11.2. The number of aromatic nitrogens is 3. The number of carboxylic acids is 1. The Labute approximate surface area is 117 Å². The van der Waals surface area contributed by atoms with E-state index < -0.39 is 5.97 Å². The third kappa shape index (κ3) is 2.43. The van der Waals surface area contributed by atoms with Crippen LogP contribution in [-0.2, 0) is 4.79 Å². The van der Waals surface area contributed by atoms with Crippen LogP contribution in [0.4, 0.5) is 0 Å². The summed E-state index contributed by atoms with van der Waals surface area (Å²) in [5.41, 5.74) is 2.56. The Hall–Kier alpha value is -2.17. The molecule has 5 nitrogen and oxygen atoms in total. The number of aliphatic carboxylic acids is 1. The molecule has 0 saturated heterocycles. The number of rotatable bonds is 3. The lowest BCUT2D eigenvalue weighted by Gasteiger charge is -2.20. The fraction of sp³-hybridized carbons (Fsp3) is 0.400. The van der Waals surface area contributed by atoms with Gasteiger partial charge in [0.05, 0.1) is 5.69 Å². The standard InChI is InChI=1S/C15H17N3O2/c19-13(20)8-7-12-14(11-5-2-1-3-6-11)17-18-10-4-9-16-15(12)18/h4,7-11H,1-3,5-6H2,(H,19,20)/b8-7+. The number of hydrogen-bond donors (Lipinski definition) is 1. The molecule has 1 fully saturated rings. The topological polar surface area (TPSA) is 67.5 Å². The number of fused-ring (bicyclic) bond motifs is 1. The normalized spacial score (nSPS) is 17.0. The monoisotopic (exact) mass is 271 g/mol. The van der Waals surface area contributed by atoms with E-state index in [9.17, 15) is 4.79 Å². The molecule has 104 valence electrons. The van der Waals surface area contributed by atoms with Gasteiger partial charge >= 0.3 is 5.97 Å². The molecule has 1 aliphatic rings. The van der Waals surface area contributed by atoms with Gasteiger partial charge in [-0.25, -0.2) is 14.3 Å². The minimum atomic E-state index is -0.949. The van der Waals surface area contributed by atoms with Crippen molar-refractivity contribution in [2.75, 3.05) is 0 Å². The highest BCUT2D eigenvalue weighted by Crippen LogP contribution is 2.35. The second-order valence-corrected chi connectivity index (χ2v) is 5.19. The van der Waals surface area contributed by atoms with Crippen molar-refractivity contribution in [3.05, 3.63) is 35.8 Å². The predicted molar refractivity (Wildman–Crippen MR) is 75.5 cm³/mol. The van der Waals surface area contributed by atoms with Gasteiger partial charge < -0.3 is 5.11 Å². The highest BCUT2D eigenvalue weighted by molar-refractivity contribution is 5.87. The number of carboxylic acid groups (broad SMARTS) is 1. The molecule has 0 atom stereocenters. The molecule has 5 heteroatoms. The van der Waals surface area contributed by atoms with Gasteiger partial charge in [0.25, 0.3) is 0 Å². The van der Waals surface area contributed by atoms with Crippen molar-refractivity contribution < 1.29 is 9.90 Å². The van der Waals surface area contributed by atoms with E-state index in [2.05, 4.69) is 10.1 Å². The Morgan fingerprint density at radius 3 is 2.90 bits per heavy atom. The molecular formula is C15H17N3O2. The first-order chi connectivity index (χ1) is 9.75. The Morgan fingerprint density at radius 1 is 1.35 bits per heavy atom. The van der Waals surface area contributed by atoms with Gasteiger partial charge in [-0.1, -0.05) is 19.3 Å². The Balaban J connectivity index is 2.09. The number of carbonyl (C=O) groups is 1. The van der Waals surface area contributed by atoms with Crippen LogP contribution in [0.5, 0.6) is 0 Å². The van der Waals surface area contributed by atoms with Gasteiger partial charge in [0, 0.05) is 30.0 Å². The van der Waals surface area contributed by atoms with E-state index in [-0.39, 0.29) is 0 Å². The quantitative estimate of drug-likeness (QED) is 0.872. The van der Waals surface area contributed by atoms with Crippen LogP contribution in [0.1, 0.15) is 49.3 Å². The summed E-state index contributed by atoms with van der Waals surface area (Å²) in [5.74, 6) is -0.534. The minimum absolute atomic E-state index is 0.416. The van der Waals surface area contributed by atoms with Crippen LogP contribution in [-0.4, -0.2) is 25.7 Å². The molecule has 0 radical (unpaired) electrons. The van der Waals surface area contributed by atoms with Crippen molar-refractivity contribution in [3.8, 4) is 0 Å². The van der Waals surface area contributed by atoms with Crippen LogP contribution < -0.4 is 0 Å². The van der Waals surface area contributed by atoms with E-state index >= 15 is 0 Å². The maximum atomic E-state index is 10.8. The molecule has 0 spiro atoms. The lowest BCUT2D eigenvalue weighted by molar-refractivity contribution is -0.131. The zero-order valence-corrected chi connectivity index (χ0v) is 11.2. The zero-order chi connectivity index (χ0) is 13.9. The lowest BCUT2D eigenvalue weighted by atomic mass is 9.85. The van der Waals surface area contributed by atoms with Crippen LogP contribution >= 0.6 is 0 Å². The molecule has 2 aromatic rings. The maximum Gasteiger partial charge on any atom is 0.328 e. The number of hydrogen-bond acceptors (Lipinski definition) is 3. The molecule has 1 N–H and O–H groups in total. The molecule has 0 aromatic carbocycles. The molecule has 20 heavy (non-hydrogen) atoms. The highest BCUT2D eigenvalue weighted by atomic mass is 16.4. The summed E-state index contributed by atoms with van der Waals surface area (Å²) in [6.45, 7) is 0. The van der Waals surface area contributed by atoms with Crippen molar-refractivity contribution in [2.45, 2.75) is 38.0 Å². The van der Waals surface area contributed by atoms with E-state index in [1.165, 1.54) is 19.3 Å². The third-order valence-electron chi connectivity index (χ3n) is 3.84. The molecule has 3 rings (SSSR count). The molecule has 0 amide bonds. The summed E-state index contributed by atoms with van der Waals surface area (Å²) >= 11 is 0. The summed E-state index contributed by atoms with van der Waals surface area (Å²) < 4.78 is 1.74. The van der Waals surface area contributed by atoms with E-state index in [1.807, 2.05) is 12.3 Å². The molecule has 2 heterocycles. The maximum absolute atomic E-state index is 10.8. The molecular weight excluding hydrogens is 254 g/mol. The van der Waals surface area contributed by atoms with Gasteiger partial charge in [-0.2, -0.15) is 5.10 Å².